The van der Waals surface area contributed by atoms with Crippen molar-refractivity contribution in [2.24, 2.45) is 0 Å². The Kier molecular flexibility index (Phi) is 8.61. The molecular formula is C66H67BN2O. The van der Waals surface area contributed by atoms with Crippen LogP contribution in [0.15, 0.2) is 132 Å². The van der Waals surface area contributed by atoms with Crippen molar-refractivity contribution < 1.29 is 4.42 Å². The quantitative estimate of drug-likeness (QED) is 0.161. The van der Waals surface area contributed by atoms with Gasteiger partial charge in [0, 0.05) is 44.5 Å². The first-order valence-electron chi connectivity index (χ1n) is 26.0. The second-order valence-electron chi connectivity index (χ2n) is 26.0. The molecule has 4 heteroatoms. The molecule has 0 saturated carbocycles. The van der Waals surface area contributed by atoms with E-state index >= 15 is 0 Å². The van der Waals surface area contributed by atoms with Crippen LogP contribution in [-0.2, 0) is 32.5 Å². The third kappa shape index (κ3) is 5.77. The number of nitrogens with zero attached hydrogens (tertiary/aromatic N) is 2. The summed E-state index contributed by atoms with van der Waals surface area (Å²) in [6.07, 6.45) is 2.29. The van der Waals surface area contributed by atoms with Crippen molar-refractivity contribution in [3.63, 3.8) is 0 Å². The van der Waals surface area contributed by atoms with Gasteiger partial charge < -0.3 is 14.1 Å². The summed E-state index contributed by atoms with van der Waals surface area (Å²) in [6, 6.07) is 50.1. The predicted molar refractivity (Wildman–Crippen MR) is 298 cm³/mol. The van der Waals surface area contributed by atoms with Gasteiger partial charge in [-0.05, 0) is 167 Å². The van der Waals surface area contributed by atoms with Gasteiger partial charge in [0.1, 0.15) is 11.2 Å². The first-order valence-corrected chi connectivity index (χ1v) is 26.0. The lowest BCUT2D eigenvalue weighted by Gasteiger charge is -2.46. The zero-order valence-corrected chi connectivity index (χ0v) is 43.9. The number of hydrogen-bond acceptors (Lipinski definition) is 3. The minimum atomic E-state index is -0.268. The topological polar surface area (TPSA) is 19.6 Å². The Hall–Kier alpha value is -6.26. The Bertz CT molecular complexity index is 3570. The number of rotatable bonds is 2. The Morgan fingerprint density at radius 1 is 0.486 bits per heavy atom. The average Bonchev–Trinajstić information content (AvgIpc) is 3.88. The van der Waals surface area contributed by atoms with Crippen LogP contribution < -0.4 is 20.8 Å². The van der Waals surface area contributed by atoms with Gasteiger partial charge in [-0.3, -0.25) is 0 Å². The fourth-order valence-corrected chi connectivity index (χ4v) is 13.8. The van der Waals surface area contributed by atoms with E-state index in [2.05, 4.69) is 234 Å². The highest BCUT2D eigenvalue weighted by molar-refractivity contribution is 6.93. The molecule has 350 valence electrons. The smallest absolute Gasteiger partial charge is 0.375 e. The first kappa shape index (κ1) is 43.7. The summed E-state index contributed by atoms with van der Waals surface area (Å²) in [4.78, 5) is 5.29. The third-order valence-corrected chi connectivity index (χ3v) is 18.0. The third-order valence-electron chi connectivity index (χ3n) is 18.0. The van der Waals surface area contributed by atoms with Gasteiger partial charge in [0.05, 0.1) is 5.69 Å². The molecule has 0 bridgehead atoms. The number of anilines is 5. The van der Waals surface area contributed by atoms with Crippen LogP contribution in [0.3, 0.4) is 0 Å². The van der Waals surface area contributed by atoms with Gasteiger partial charge in [-0.2, -0.15) is 0 Å². The van der Waals surface area contributed by atoms with Crippen LogP contribution in [-0.4, -0.2) is 6.85 Å². The molecule has 13 rings (SSSR count). The molecule has 3 heterocycles. The molecule has 0 fully saturated rings. The molecule has 0 atom stereocenters. The van der Waals surface area contributed by atoms with E-state index in [1.54, 1.807) is 0 Å². The van der Waals surface area contributed by atoms with Crippen molar-refractivity contribution in [2.75, 3.05) is 9.71 Å². The molecule has 2 aliphatic heterocycles. The summed E-state index contributed by atoms with van der Waals surface area (Å²) in [7, 11) is 0. The predicted octanol–water partition coefficient (Wildman–Crippen LogP) is 16.7. The zero-order chi connectivity index (χ0) is 49.0. The maximum atomic E-state index is 7.77. The molecule has 0 amide bonds. The number of hydrogen-bond donors (Lipinski definition) is 0. The summed E-state index contributed by atoms with van der Waals surface area (Å²) in [5.41, 5.74) is 27.9. The lowest BCUT2D eigenvalue weighted by molar-refractivity contribution is 0.332. The van der Waals surface area contributed by atoms with E-state index in [1.165, 1.54) is 106 Å². The molecule has 3 nitrogen and oxygen atoms in total. The van der Waals surface area contributed by atoms with Crippen LogP contribution in [0.4, 0.5) is 28.4 Å². The van der Waals surface area contributed by atoms with Crippen molar-refractivity contribution in [1.82, 2.24) is 0 Å². The van der Waals surface area contributed by atoms with Gasteiger partial charge in [-0.1, -0.05) is 170 Å². The Balaban J connectivity index is 1.22. The summed E-state index contributed by atoms with van der Waals surface area (Å²) in [5.74, 6) is 0. The number of furan rings is 1. The standard InChI is InChI=1S/C66H67BN2O/c1-61(2,3)38-23-27-40(28-24-38)68-54-36-45-43-20-16-18-22-49(43)66(13,14)57(45)56-46-33-50-44(42-19-15-17-21-48(42)65(50,11)12)35-53(46)69(41-29-25-39(26-30-41)62(4,5)6)67(58(54)56)60-59(68)47-34-51-52(37-55(47)70-60)64(9,10)32-31-63(51,7)8/h15-30,33-37H,31-32H2,1-14H3. The van der Waals surface area contributed by atoms with E-state index in [4.69, 9.17) is 4.42 Å². The lowest BCUT2D eigenvalue weighted by atomic mass is 9.45. The van der Waals surface area contributed by atoms with Crippen molar-refractivity contribution in [3.8, 4) is 33.4 Å². The molecule has 0 N–H and O–H groups in total. The summed E-state index contributed by atoms with van der Waals surface area (Å²) in [5, 5.41) is 1.19. The van der Waals surface area contributed by atoms with E-state index in [9.17, 15) is 0 Å². The van der Waals surface area contributed by atoms with Crippen LogP contribution in [0, 0.1) is 0 Å². The van der Waals surface area contributed by atoms with Crippen LogP contribution >= 0.6 is 0 Å². The normalized spacial score (nSPS) is 18.1. The van der Waals surface area contributed by atoms with Gasteiger partial charge >= 0.3 is 6.85 Å². The molecule has 8 aromatic rings. The van der Waals surface area contributed by atoms with Gasteiger partial charge in [-0.15, -0.1) is 0 Å². The molecule has 0 radical (unpaired) electrons. The summed E-state index contributed by atoms with van der Waals surface area (Å²) in [6.45, 7) is 33.2. The average molecular weight is 915 g/mol. The highest BCUT2D eigenvalue weighted by atomic mass is 16.3. The van der Waals surface area contributed by atoms with E-state index in [1.807, 2.05) is 0 Å². The molecular weight excluding hydrogens is 848 g/mol. The number of fused-ring (bicyclic) bond motifs is 14. The van der Waals surface area contributed by atoms with Crippen LogP contribution in [0.1, 0.15) is 154 Å². The van der Waals surface area contributed by atoms with Crippen molar-refractivity contribution >= 4 is 57.4 Å². The fourth-order valence-electron chi connectivity index (χ4n) is 13.8. The molecule has 7 aromatic carbocycles. The SMILES string of the molecule is CC(C)(C)c1ccc(N2B3c4oc5cc6c(cc5c4N(c4ccc(C(C)(C)C)cc4)c4cc5c(c(c43)-c3cc4c(cc32)-c2ccccc2C4(C)C)C(C)(C)c2ccccc2-5)C(C)(C)CCC6(C)C)cc1. The minimum Gasteiger partial charge on any atom is -0.466 e. The maximum Gasteiger partial charge on any atom is 0.375 e. The highest BCUT2D eigenvalue weighted by Gasteiger charge is 2.53. The van der Waals surface area contributed by atoms with E-state index in [-0.39, 0.29) is 39.3 Å². The minimum absolute atomic E-state index is 0.00974. The van der Waals surface area contributed by atoms with Crippen LogP contribution in [0.2, 0.25) is 0 Å². The second-order valence-corrected chi connectivity index (χ2v) is 26.0. The fraction of sp³-hybridized carbons (Fsp3) is 0.333. The largest absolute Gasteiger partial charge is 0.466 e. The monoisotopic (exact) mass is 915 g/mol. The van der Waals surface area contributed by atoms with Crippen LogP contribution in [0.25, 0.3) is 44.3 Å². The molecule has 0 saturated heterocycles. The van der Waals surface area contributed by atoms with Crippen molar-refractivity contribution in [3.05, 3.63) is 172 Å². The first-order chi connectivity index (χ1) is 33.0. The maximum absolute atomic E-state index is 7.77. The lowest BCUT2D eigenvalue weighted by Crippen LogP contribution is -2.61. The molecule has 1 aromatic heterocycles. The zero-order valence-electron chi connectivity index (χ0n) is 43.9. The Labute approximate surface area is 417 Å². The Morgan fingerprint density at radius 3 is 1.61 bits per heavy atom. The van der Waals surface area contributed by atoms with Crippen LogP contribution in [0.5, 0.6) is 0 Å². The molecule has 70 heavy (non-hydrogen) atoms. The van der Waals surface area contributed by atoms with Gasteiger partial charge in [0.25, 0.3) is 0 Å². The van der Waals surface area contributed by atoms with Gasteiger partial charge in [0.15, 0.2) is 0 Å². The van der Waals surface area contributed by atoms with E-state index in [0.29, 0.717) is 0 Å². The molecule has 0 spiro atoms. The summed E-state index contributed by atoms with van der Waals surface area (Å²) >= 11 is 0. The van der Waals surface area contributed by atoms with Crippen molar-refractivity contribution in [2.45, 2.75) is 142 Å². The van der Waals surface area contributed by atoms with E-state index < -0.39 is 0 Å². The molecule has 3 aliphatic carbocycles. The van der Waals surface area contributed by atoms with Gasteiger partial charge in [0.2, 0.25) is 0 Å². The number of benzene rings is 7. The van der Waals surface area contributed by atoms with E-state index in [0.717, 1.165) is 35.5 Å². The summed E-state index contributed by atoms with van der Waals surface area (Å²) < 4.78 is 7.77. The molecule has 5 aliphatic rings. The highest BCUT2D eigenvalue weighted by Crippen LogP contribution is 2.61. The van der Waals surface area contributed by atoms with Crippen molar-refractivity contribution in [1.29, 1.82) is 0 Å². The molecule has 0 unspecified atom stereocenters. The Morgan fingerprint density at radius 2 is 1.01 bits per heavy atom. The second kappa shape index (κ2) is 13.8. The van der Waals surface area contributed by atoms with Gasteiger partial charge in [-0.25, -0.2) is 0 Å².